The number of hydrogen-bond acceptors (Lipinski definition) is 6. The summed E-state index contributed by atoms with van der Waals surface area (Å²) in [5.74, 6) is -2.03. The minimum Gasteiger partial charge on any atom is -0.506 e. The Balaban J connectivity index is 2.24. The molecule has 8 heteroatoms. The van der Waals surface area contributed by atoms with Gasteiger partial charge in [-0.1, -0.05) is 23.7 Å². The Morgan fingerprint density at radius 1 is 1.31 bits per heavy atom. The van der Waals surface area contributed by atoms with E-state index in [0.29, 0.717) is 5.56 Å². The van der Waals surface area contributed by atoms with Crippen LogP contribution in [0.2, 0.25) is 5.02 Å². The van der Waals surface area contributed by atoms with E-state index in [2.05, 4.69) is 4.98 Å². The smallest absolute Gasteiger partial charge is 0.306 e. The number of fused-ring (bicyclic) bond motifs is 1. The van der Waals surface area contributed by atoms with Crippen molar-refractivity contribution in [3.63, 3.8) is 0 Å². The van der Waals surface area contributed by atoms with Gasteiger partial charge in [-0.2, -0.15) is 4.98 Å². The molecule has 0 spiro atoms. The average molecular weight is 375 g/mol. The molecule has 134 valence electrons. The van der Waals surface area contributed by atoms with Gasteiger partial charge in [-0.05, 0) is 29.8 Å². The molecule has 0 fully saturated rings. The summed E-state index contributed by atoms with van der Waals surface area (Å²) in [7, 11) is 1.23. The Labute approximate surface area is 153 Å². The molecule has 0 saturated carbocycles. The lowest BCUT2D eigenvalue weighted by Crippen LogP contribution is -2.24. The number of aromatic nitrogens is 2. The number of pyridine rings is 1. The minimum atomic E-state index is -0.849. The number of ether oxygens (including phenoxy) is 1. The van der Waals surface area contributed by atoms with Crippen LogP contribution in [0.15, 0.2) is 47.4 Å². The van der Waals surface area contributed by atoms with Crippen LogP contribution >= 0.6 is 11.6 Å². The molecule has 0 amide bonds. The lowest BCUT2D eigenvalue weighted by Gasteiger charge is -2.18. The zero-order valence-electron chi connectivity index (χ0n) is 13.7. The second-order valence-electron chi connectivity index (χ2n) is 5.63. The maximum Gasteiger partial charge on any atom is 0.306 e. The van der Waals surface area contributed by atoms with Crippen molar-refractivity contribution >= 4 is 23.2 Å². The predicted molar refractivity (Wildman–Crippen MR) is 94.7 cm³/mol. The topological polar surface area (TPSA) is 101 Å². The number of phenols is 1. The molecular formula is C18H15ClN2O5. The molecule has 2 aromatic heterocycles. The monoisotopic (exact) mass is 374 g/mol. The standard InChI is InChI=1S/C18H15ClN2O5/c1-26-15(23)9-11(10-5-6-13(22)12(19)8-10)16-17(24)20-14-4-2-3-7-21(14)18(16)25/h2-8,11,22,24H,9H2,1H3/t11-/m1/s1. The third-order valence-corrected chi connectivity index (χ3v) is 4.37. The Bertz CT molecular complexity index is 1050. The van der Waals surface area contributed by atoms with Gasteiger partial charge in [0.25, 0.3) is 5.56 Å². The second-order valence-corrected chi connectivity index (χ2v) is 6.03. The average Bonchev–Trinajstić information content (AvgIpc) is 2.63. The molecular weight excluding hydrogens is 360 g/mol. The molecule has 7 nitrogen and oxygen atoms in total. The number of hydrogen-bond donors (Lipinski definition) is 2. The van der Waals surface area contributed by atoms with Crippen molar-refractivity contribution in [2.75, 3.05) is 7.11 Å². The van der Waals surface area contributed by atoms with Crippen LogP contribution in [0.5, 0.6) is 11.6 Å². The first-order valence-corrected chi connectivity index (χ1v) is 8.05. The number of carbonyl (C=O) groups is 1. The molecule has 3 aromatic rings. The number of methoxy groups -OCH3 is 1. The van der Waals surface area contributed by atoms with Crippen molar-refractivity contribution in [3.8, 4) is 11.6 Å². The highest BCUT2D eigenvalue weighted by Crippen LogP contribution is 2.34. The number of rotatable bonds is 4. The summed E-state index contributed by atoms with van der Waals surface area (Å²) in [5, 5.41) is 20.1. The quantitative estimate of drug-likeness (QED) is 0.680. The lowest BCUT2D eigenvalue weighted by atomic mass is 9.89. The first-order valence-electron chi connectivity index (χ1n) is 7.68. The van der Waals surface area contributed by atoms with Crippen LogP contribution in [0.25, 0.3) is 5.65 Å². The van der Waals surface area contributed by atoms with E-state index < -0.39 is 23.3 Å². The van der Waals surface area contributed by atoms with Gasteiger partial charge in [-0.25, -0.2) is 0 Å². The molecule has 0 radical (unpaired) electrons. The van der Waals surface area contributed by atoms with Crippen LogP contribution < -0.4 is 5.56 Å². The van der Waals surface area contributed by atoms with Crippen LogP contribution in [0.4, 0.5) is 0 Å². The van der Waals surface area contributed by atoms with Crippen molar-refractivity contribution in [2.24, 2.45) is 0 Å². The van der Waals surface area contributed by atoms with Crippen molar-refractivity contribution in [1.82, 2.24) is 9.38 Å². The summed E-state index contributed by atoms with van der Waals surface area (Å²) < 4.78 is 5.99. The fourth-order valence-electron chi connectivity index (χ4n) is 2.77. The van der Waals surface area contributed by atoms with Gasteiger partial charge in [0.15, 0.2) is 0 Å². The highest BCUT2D eigenvalue weighted by molar-refractivity contribution is 6.32. The molecule has 1 atom stereocenters. The van der Waals surface area contributed by atoms with Gasteiger partial charge >= 0.3 is 5.97 Å². The van der Waals surface area contributed by atoms with E-state index in [4.69, 9.17) is 16.3 Å². The van der Waals surface area contributed by atoms with Crippen LogP contribution in [-0.2, 0) is 9.53 Å². The van der Waals surface area contributed by atoms with Crippen molar-refractivity contribution in [2.45, 2.75) is 12.3 Å². The largest absolute Gasteiger partial charge is 0.506 e. The number of aromatic hydroxyl groups is 2. The first-order chi connectivity index (χ1) is 12.4. The molecule has 3 rings (SSSR count). The van der Waals surface area contributed by atoms with Crippen LogP contribution in [-0.4, -0.2) is 32.7 Å². The van der Waals surface area contributed by atoms with Crippen LogP contribution in [0.1, 0.15) is 23.5 Å². The van der Waals surface area contributed by atoms with Gasteiger partial charge in [-0.15, -0.1) is 0 Å². The molecule has 26 heavy (non-hydrogen) atoms. The number of esters is 1. The highest BCUT2D eigenvalue weighted by atomic mass is 35.5. The Morgan fingerprint density at radius 2 is 2.08 bits per heavy atom. The maximum atomic E-state index is 12.9. The summed E-state index contributed by atoms with van der Waals surface area (Å²) in [4.78, 5) is 28.8. The SMILES string of the molecule is COC(=O)C[C@H](c1ccc(O)c(Cl)c1)c1c(O)nc2ccccn2c1=O. The summed E-state index contributed by atoms with van der Waals surface area (Å²) in [6.45, 7) is 0. The second kappa shape index (κ2) is 7.05. The van der Waals surface area contributed by atoms with Crippen molar-refractivity contribution < 1.29 is 19.7 Å². The van der Waals surface area contributed by atoms with Gasteiger partial charge in [0.2, 0.25) is 5.88 Å². The van der Waals surface area contributed by atoms with E-state index in [-0.39, 0.29) is 28.4 Å². The number of benzene rings is 1. The number of phenolic OH excluding ortho intramolecular Hbond substituents is 1. The fourth-order valence-corrected chi connectivity index (χ4v) is 2.96. The van der Waals surface area contributed by atoms with Crippen LogP contribution in [0, 0.1) is 0 Å². The third kappa shape index (κ3) is 3.21. The van der Waals surface area contributed by atoms with Crippen LogP contribution in [0.3, 0.4) is 0 Å². The van der Waals surface area contributed by atoms with E-state index in [1.165, 1.54) is 35.9 Å². The van der Waals surface area contributed by atoms with E-state index in [1.807, 2.05) is 0 Å². The Morgan fingerprint density at radius 3 is 2.77 bits per heavy atom. The zero-order valence-corrected chi connectivity index (χ0v) is 14.5. The number of nitrogens with zero attached hydrogens (tertiary/aromatic N) is 2. The molecule has 2 N–H and O–H groups in total. The molecule has 0 aliphatic heterocycles. The zero-order chi connectivity index (χ0) is 18.8. The lowest BCUT2D eigenvalue weighted by molar-refractivity contribution is -0.140. The summed E-state index contributed by atoms with van der Waals surface area (Å²) >= 11 is 5.96. The molecule has 0 aliphatic carbocycles. The molecule has 1 aromatic carbocycles. The summed E-state index contributed by atoms with van der Waals surface area (Å²) in [5.41, 5.74) is 0.176. The van der Waals surface area contributed by atoms with Crippen molar-refractivity contribution in [1.29, 1.82) is 0 Å². The van der Waals surface area contributed by atoms with Gasteiger partial charge < -0.3 is 14.9 Å². The normalized spacial score (nSPS) is 12.1. The molecule has 0 aliphatic rings. The Kier molecular flexibility index (Phi) is 4.81. The predicted octanol–water partition coefficient (Wildman–Crippen LogP) is 2.45. The summed E-state index contributed by atoms with van der Waals surface area (Å²) in [6.07, 6.45) is 1.31. The van der Waals surface area contributed by atoms with Crippen molar-refractivity contribution in [3.05, 3.63) is 69.1 Å². The Hall–Kier alpha value is -3.06. The molecule has 0 unspecified atom stereocenters. The van der Waals surface area contributed by atoms with Gasteiger partial charge in [0, 0.05) is 12.1 Å². The molecule has 0 saturated heterocycles. The highest BCUT2D eigenvalue weighted by Gasteiger charge is 2.27. The van der Waals surface area contributed by atoms with Gasteiger partial charge in [-0.3, -0.25) is 14.0 Å². The van der Waals surface area contributed by atoms with Gasteiger partial charge in [0.05, 0.1) is 24.1 Å². The van der Waals surface area contributed by atoms with E-state index >= 15 is 0 Å². The maximum absolute atomic E-state index is 12.9. The fraction of sp³-hybridized carbons (Fsp3) is 0.167. The number of halogens is 1. The van der Waals surface area contributed by atoms with E-state index in [9.17, 15) is 19.8 Å². The van der Waals surface area contributed by atoms with E-state index in [1.54, 1.807) is 18.2 Å². The number of carbonyl (C=O) groups excluding carboxylic acids is 1. The first kappa shape index (κ1) is 17.8. The molecule has 0 bridgehead atoms. The molecule has 2 heterocycles. The minimum absolute atomic E-state index is 0.0548. The summed E-state index contributed by atoms with van der Waals surface area (Å²) in [6, 6.07) is 9.23. The van der Waals surface area contributed by atoms with E-state index in [0.717, 1.165) is 0 Å². The third-order valence-electron chi connectivity index (χ3n) is 4.07. The van der Waals surface area contributed by atoms with Gasteiger partial charge in [0.1, 0.15) is 11.4 Å².